The highest BCUT2D eigenvalue weighted by molar-refractivity contribution is 4.66. The van der Waals surface area contributed by atoms with Crippen molar-refractivity contribution in [3.63, 3.8) is 0 Å². The van der Waals surface area contributed by atoms with E-state index in [1.165, 1.54) is 64.7 Å². The van der Waals surface area contributed by atoms with E-state index in [9.17, 15) is 0 Å². The van der Waals surface area contributed by atoms with Crippen molar-refractivity contribution in [3.8, 4) is 0 Å². The molecule has 0 spiro atoms. The smallest absolute Gasteiger partial charge is 0.00391 e. The van der Waals surface area contributed by atoms with Gasteiger partial charge in [-0.25, -0.2) is 0 Å². The Morgan fingerprint density at radius 3 is 2.44 bits per heavy atom. The Bertz CT molecular complexity index is 176. The molecule has 2 heteroatoms. The van der Waals surface area contributed by atoms with Crippen LogP contribution in [0.4, 0.5) is 0 Å². The topological polar surface area (TPSA) is 15.3 Å². The van der Waals surface area contributed by atoms with Crippen molar-refractivity contribution in [2.45, 2.75) is 65.3 Å². The molecule has 0 saturated carbocycles. The highest BCUT2D eigenvalue weighted by Crippen LogP contribution is 2.02. The fraction of sp³-hybridized carbons (Fsp3) is 0.875. The minimum Gasteiger partial charge on any atom is -0.314 e. The van der Waals surface area contributed by atoms with Gasteiger partial charge in [-0.15, -0.1) is 6.58 Å². The summed E-state index contributed by atoms with van der Waals surface area (Å²) < 4.78 is 0. The number of allylic oxidation sites excluding steroid dienone is 1. The molecule has 108 valence electrons. The number of rotatable bonds is 13. The molecule has 0 fully saturated rings. The number of hydrogen-bond acceptors (Lipinski definition) is 2. The minimum absolute atomic E-state index is 0.667. The number of unbranched alkanes of at least 4 members (excludes halogenated alkanes) is 3. The van der Waals surface area contributed by atoms with Crippen molar-refractivity contribution in [1.82, 2.24) is 10.2 Å². The van der Waals surface area contributed by atoms with Crippen LogP contribution in [0, 0.1) is 0 Å². The van der Waals surface area contributed by atoms with Crippen molar-refractivity contribution in [2.75, 3.05) is 26.2 Å². The van der Waals surface area contributed by atoms with Crippen molar-refractivity contribution in [1.29, 1.82) is 0 Å². The largest absolute Gasteiger partial charge is 0.314 e. The normalized spacial score (nSPS) is 12.9. The van der Waals surface area contributed by atoms with Crippen LogP contribution in [0.5, 0.6) is 0 Å². The van der Waals surface area contributed by atoms with Gasteiger partial charge in [-0.1, -0.05) is 26.3 Å². The molecular formula is C16H34N2. The van der Waals surface area contributed by atoms with Gasteiger partial charge in [-0.05, 0) is 65.2 Å². The first-order valence-electron chi connectivity index (χ1n) is 7.81. The predicted molar refractivity (Wildman–Crippen MR) is 83.2 cm³/mol. The van der Waals surface area contributed by atoms with E-state index in [1.807, 2.05) is 6.08 Å². The number of nitrogens with one attached hydrogen (secondary N) is 1. The standard InChI is InChI=1S/C16H34N2/c1-5-8-9-10-11-14-17-16(4)13-12-15-18(6-2)7-3/h5,16-17H,1,6-15H2,2-4H3. The van der Waals surface area contributed by atoms with Gasteiger partial charge >= 0.3 is 0 Å². The van der Waals surface area contributed by atoms with Crippen LogP contribution in [-0.4, -0.2) is 37.1 Å². The first-order chi connectivity index (χ1) is 8.74. The molecule has 0 radical (unpaired) electrons. The summed E-state index contributed by atoms with van der Waals surface area (Å²) in [5.41, 5.74) is 0. The van der Waals surface area contributed by atoms with Crippen LogP contribution in [0.3, 0.4) is 0 Å². The van der Waals surface area contributed by atoms with E-state index in [0.29, 0.717) is 6.04 Å². The summed E-state index contributed by atoms with van der Waals surface area (Å²) in [6, 6.07) is 0.667. The van der Waals surface area contributed by atoms with E-state index < -0.39 is 0 Å². The fourth-order valence-electron chi connectivity index (χ4n) is 2.20. The van der Waals surface area contributed by atoms with Gasteiger partial charge in [-0.3, -0.25) is 0 Å². The summed E-state index contributed by atoms with van der Waals surface area (Å²) >= 11 is 0. The van der Waals surface area contributed by atoms with Gasteiger partial charge in [0.15, 0.2) is 0 Å². The highest BCUT2D eigenvalue weighted by Gasteiger charge is 2.03. The maximum Gasteiger partial charge on any atom is 0.00391 e. The number of nitrogens with zero attached hydrogens (tertiary/aromatic N) is 1. The highest BCUT2D eigenvalue weighted by atomic mass is 15.1. The third-order valence-corrected chi connectivity index (χ3v) is 3.58. The van der Waals surface area contributed by atoms with Crippen LogP contribution in [0.2, 0.25) is 0 Å². The van der Waals surface area contributed by atoms with E-state index in [2.05, 4.69) is 37.6 Å². The van der Waals surface area contributed by atoms with Crippen molar-refractivity contribution >= 4 is 0 Å². The van der Waals surface area contributed by atoms with Crippen LogP contribution in [0.25, 0.3) is 0 Å². The molecule has 0 amide bonds. The molecule has 0 bridgehead atoms. The zero-order valence-electron chi connectivity index (χ0n) is 12.9. The molecule has 0 aliphatic rings. The SMILES string of the molecule is C=CCCCCCNC(C)CCCN(CC)CC. The third-order valence-electron chi connectivity index (χ3n) is 3.58. The quantitative estimate of drug-likeness (QED) is 0.397. The van der Waals surface area contributed by atoms with Gasteiger partial charge in [0.05, 0.1) is 0 Å². The third kappa shape index (κ3) is 10.8. The molecule has 0 saturated heterocycles. The van der Waals surface area contributed by atoms with Gasteiger partial charge in [0, 0.05) is 6.04 Å². The summed E-state index contributed by atoms with van der Waals surface area (Å²) in [4.78, 5) is 2.50. The Balaban J connectivity index is 3.31. The average Bonchev–Trinajstić information content (AvgIpc) is 2.39. The molecule has 2 nitrogen and oxygen atoms in total. The molecule has 1 unspecified atom stereocenters. The van der Waals surface area contributed by atoms with Crippen molar-refractivity contribution < 1.29 is 0 Å². The maximum atomic E-state index is 3.75. The molecule has 0 aromatic carbocycles. The zero-order valence-corrected chi connectivity index (χ0v) is 12.9. The second kappa shape index (κ2) is 13.1. The molecule has 0 aromatic rings. The van der Waals surface area contributed by atoms with E-state index in [0.717, 1.165) is 0 Å². The van der Waals surface area contributed by atoms with Crippen LogP contribution in [-0.2, 0) is 0 Å². The molecule has 0 rings (SSSR count). The van der Waals surface area contributed by atoms with Crippen LogP contribution in [0.15, 0.2) is 12.7 Å². The molecule has 0 heterocycles. The summed E-state index contributed by atoms with van der Waals surface area (Å²) in [6.45, 7) is 15.3. The Hall–Kier alpha value is -0.340. The van der Waals surface area contributed by atoms with Crippen LogP contribution in [0.1, 0.15) is 59.3 Å². The van der Waals surface area contributed by atoms with Crippen molar-refractivity contribution in [2.24, 2.45) is 0 Å². The Labute approximate surface area is 115 Å². The Morgan fingerprint density at radius 2 is 1.83 bits per heavy atom. The van der Waals surface area contributed by atoms with Gasteiger partial charge in [0.2, 0.25) is 0 Å². The zero-order chi connectivity index (χ0) is 13.6. The first kappa shape index (κ1) is 17.7. The maximum absolute atomic E-state index is 3.75. The first-order valence-corrected chi connectivity index (χ1v) is 7.81. The van der Waals surface area contributed by atoms with E-state index in [1.54, 1.807) is 0 Å². The summed E-state index contributed by atoms with van der Waals surface area (Å²) in [5, 5.41) is 3.62. The molecule has 1 atom stereocenters. The van der Waals surface area contributed by atoms with E-state index in [-0.39, 0.29) is 0 Å². The van der Waals surface area contributed by atoms with Gasteiger partial charge in [-0.2, -0.15) is 0 Å². The van der Waals surface area contributed by atoms with E-state index in [4.69, 9.17) is 0 Å². The monoisotopic (exact) mass is 254 g/mol. The fourth-order valence-corrected chi connectivity index (χ4v) is 2.20. The summed E-state index contributed by atoms with van der Waals surface area (Å²) in [6.07, 6.45) is 9.71. The Morgan fingerprint density at radius 1 is 1.11 bits per heavy atom. The van der Waals surface area contributed by atoms with Gasteiger partial charge < -0.3 is 10.2 Å². The lowest BCUT2D eigenvalue weighted by Crippen LogP contribution is -2.29. The molecular weight excluding hydrogens is 220 g/mol. The summed E-state index contributed by atoms with van der Waals surface area (Å²) in [5.74, 6) is 0. The minimum atomic E-state index is 0.667. The average molecular weight is 254 g/mol. The van der Waals surface area contributed by atoms with Gasteiger partial charge in [0.25, 0.3) is 0 Å². The Kier molecular flexibility index (Phi) is 12.9. The molecule has 0 aliphatic carbocycles. The molecule has 18 heavy (non-hydrogen) atoms. The lowest BCUT2D eigenvalue weighted by Gasteiger charge is -2.19. The molecule has 1 N–H and O–H groups in total. The second-order valence-corrected chi connectivity index (χ2v) is 5.16. The lowest BCUT2D eigenvalue weighted by molar-refractivity contribution is 0.290. The number of hydrogen-bond donors (Lipinski definition) is 1. The second-order valence-electron chi connectivity index (χ2n) is 5.16. The van der Waals surface area contributed by atoms with Crippen LogP contribution >= 0.6 is 0 Å². The van der Waals surface area contributed by atoms with Crippen molar-refractivity contribution in [3.05, 3.63) is 12.7 Å². The molecule has 0 aliphatic heterocycles. The molecule has 0 aromatic heterocycles. The summed E-state index contributed by atoms with van der Waals surface area (Å²) in [7, 11) is 0. The van der Waals surface area contributed by atoms with Gasteiger partial charge in [0.1, 0.15) is 0 Å². The van der Waals surface area contributed by atoms with Crippen LogP contribution < -0.4 is 5.32 Å². The predicted octanol–water partition coefficient (Wildman–Crippen LogP) is 3.83. The van der Waals surface area contributed by atoms with E-state index >= 15 is 0 Å². The lowest BCUT2D eigenvalue weighted by atomic mass is 10.1.